The molecule has 5 nitrogen and oxygen atoms in total. The first-order valence-corrected chi connectivity index (χ1v) is 10.5. The lowest BCUT2D eigenvalue weighted by Gasteiger charge is -2.37. The van der Waals surface area contributed by atoms with Gasteiger partial charge in [0.05, 0.1) is 12.6 Å². The molecule has 1 unspecified atom stereocenters. The Morgan fingerprint density at radius 2 is 2.07 bits per heavy atom. The molecule has 1 aliphatic rings. The monoisotopic (exact) mass is 404 g/mol. The van der Waals surface area contributed by atoms with Gasteiger partial charge in [0.2, 0.25) is 5.89 Å². The first-order chi connectivity index (χ1) is 14.6. The average molecular weight is 404 g/mol. The third-order valence-corrected chi connectivity index (χ3v) is 5.92. The van der Waals surface area contributed by atoms with Crippen molar-refractivity contribution in [2.45, 2.75) is 39.3 Å². The van der Waals surface area contributed by atoms with Crippen molar-refractivity contribution in [3.05, 3.63) is 82.9 Å². The van der Waals surface area contributed by atoms with Crippen molar-refractivity contribution in [3.63, 3.8) is 0 Å². The smallest absolute Gasteiger partial charge is 0.240 e. The van der Waals surface area contributed by atoms with Crippen LogP contribution >= 0.6 is 0 Å². The van der Waals surface area contributed by atoms with Crippen molar-refractivity contribution >= 4 is 10.9 Å². The number of benzene rings is 2. The summed E-state index contributed by atoms with van der Waals surface area (Å²) in [5, 5.41) is 5.44. The van der Waals surface area contributed by atoms with Crippen LogP contribution in [-0.4, -0.2) is 26.6 Å². The molecule has 1 aliphatic heterocycles. The minimum atomic E-state index is -0.251. The molecule has 6 heteroatoms. The number of aromatic nitrogens is 3. The Bertz CT molecular complexity index is 1180. The molecular weight excluding hydrogens is 379 g/mol. The lowest BCUT2D eigenvalue weighted by atomic mass is 9.90. The van der Waals surface area contributed by atoms with Gasteiger partial charge in [-0.15, -0.1) is 0 Å². The number of halogens is 1. The van der Waals surface area contributed by atoms with E-state index >= 15 is 0 Å². The van der Waals surface area contributed by atoms with Crippen molar-refractivity contribution in [1.82, 2.24) is 20.0 Å². The Kier molecular flexibility index (Phi) is 4.87. The summed E-state index contributed by atoms with van der Waals surface area (Å²) in [6.07, 6.45) is 1.45. The highest BCUT2D eigenvalue weighted by Crippen LogP contribution is 2.38. The molecule has 3 heterocycles. The fraction of sp³-hybridized carbons (Fsp3) is 0.333. The lowest BCUT2D eigenvalue weighted by Crippen LogP contribution is -2.37. The second kappa shape index (κ2) is 7.69. The van der Waals surface area contributed by atoms with Crippen LogP contribution in [0.3, 0.4) is 0 Å². The van der Waals surface area contributed by atoms with Gasteiger partial charge in [0.1, 0.15) is 5.82 Å². The Morgan fingerprint density at radius 3 is 2.90 bits per heavy atom. The van der Waals surface area contributed by atoms with Crippen LogP contribution in [0.2, 0.25) is 0 Å². The van der Waals surface area contributed by atoms with Crippen LogP contribution in [0.5, 0.6) is 0 Å². The van der Waals surface area contributed by atoms with E-state index in [2.05, 4.69) is 58.1 Å². The summed E-state index contributed by atoms with van der Waals surface area (Å²) in [5.41, 5.74) is 4.77. The predicted octanol–water partition coefficient (Wildman–Crippen LogP) is 5.04. The number of para-hydroxylation sites is 1. The van der Waals surface area contributed by atoms with Crippen molar-refractivity contribution in [2.75, 3.05) is 6.54 Å². The van der Waals surface area contributed by atoms with Gasteiger partial charge in [-0.25, -0.2) is 4.39 Å². The molecule has 5 rings (SSSR count). The molecule has 0 saturated heterocycles. The van der Waals surface area contributed by atoms with E-state index in [4.69, 9.17) is 4.52 Å². The number of aromatic amines is 1. The van der Waals surface area contributed by atoms with Gasteiger partial charge in [0, 0.05) is 29.6 Å². The predicted molar refractivity (Wildman–Crippen MR) is 113 cm³/mol. The van der Waals surface area contributed by atoms with E-state index in [1.165, 1.54) is 34.3 Å². The van der Waals surface area contributed by atoms with Gasteiger partial charge in [-0.2, -0.15) is 4.98 Å². The largest absolute Gasteiger partial charge is 0.357 e. The molecule has 0 fully saturated rings. The number of nitrogens with zero attached hydrogens (tertiary/aromatic N) is 3. The van der Waals surface area contributed by atoms with E-state index in [1.807, 2.05) is 6.07 Å². The van der Waals surface area contributed by atoms with Gasteiger partial charge < -0.3 is 9.51 Å². The summed E-state index contributed by atoms with van der Waals surface area (Å²) in [6.45, 7) is 6.05. The molecule has 0 aliphatic carbocycles. The molecule has 154 valence electrons. The normalized spacial score (nSPS) is 17.0. The Labute approximate surface area is 174 Å². The zero-order valence-corrected chi connectivity index (χ0v) is 17.2. The second-order valence-electron chi connectivity index (χ2n) is 8.38. The molecule has 0 saturated carbocycles. The van der Waals surface area contributed by atoms with Crippen molar-refractivity contribution in [1.29, 1.82) is 0 Å². The van der Waals surface area contributed by atoms with Crippen molar-refractivity contribution in [2.24, 2.45) is 5.92 Å². The zero-order chi connectivity index (χ0) is 20.7. The topological polar surface area (TPSA) is 58.0 Å². The molecule has 0 spiro atoms. The van der Waals surface area contributed by atoms with Gasteiger partial charge in [0.25, 0.3) is 0 Å². The molecule has 2 aromatic carbocycles. The fourth-order valence-corrected chi connectivity index (χ4v) is 4.68. The van der Waals surface area contributed by atoms with E-state index in [9.17, 15) is 4.39 Å². The number of hydrogen-bond donors (Lipinski definition) is 1. The number of rotatable bonds is 5. The Hall–Kier alpha value is -2.99. The maximum atomic E-state index is 13.4. The van der Waals surface area contributed by atoms with Crippen LogP contribution in [-0.2, 0) is 19.4 Å². The van der Waals surface area contributed by atoms with Gasteiger partial charge in [-0.05, 0) is 41.7 Å². The molecule has 30 heavy (non-hydrogen) atoms. The van der Waals surface area contributed by atoms with E-state index in [0.717, 1.165) is 18.5 Å². The molecule has 2 aromatic heterocycles. The van der Waals surface area contributed by atoms with Crippen LogP contribution in [0.15, 0.2) is 53.1 Å². The maximum absolute atomic E-state index is 13.4. The zero-order valence-electron chi connectivity index (χ0n) is 17.2. The Morgan fingerprint density at radius 1 is 1.20 bits per heavy atom. The van der Waals surface area contributed by atoms with E-state index in [0.29, 0.717) is 30.6 Å². The number of nitrogens with one attached hydrogen (secondary N) is 1. The minimum absolute atomic E-state index is 0.251. The van der Waals surface area contributed by atoms with Crippen LogP contribution in [0.4, 0.5) is 4.39 Å². The van der Waals surface area contributed by atoms with E-state index in [-0.39, 0.29) is 11.9 Å². The third-order valence-electron chi connectivity index (χ3n) is 5.92. The van der Waals surface area contributed by atoms with E-state index in [1.54, 1.807) is 6.07 Å². The molecule has 0 amide bonds. The van der Waals surface area contributed by atoms with Gasteiger partial charge in [-0.3, -0.25) is 4.90 Å². The highest BCUT2D eigenvalue weighted by Gasteiger charge is 2.33. The number of hydrogen-bond acceptors (Lipinski definition) is 4. The molecule has 0 bridgehead atoms. The summed E-state index contributed by atoms with van der Waals surface area (Å²) in [5.74, 6) is 1.37. The molecule has 1 atom stereocenters. The number of fused-ring (bicyclic) bond motifs is 3. The average Bonchev–Trinajstić information content (AvgIpc) is 3.31. The summed E-state index contributed by atoms with van der Waals surface area (Å²) in [6, 6.07) is 15.3. The third kappa shape index (κ3) is 3.52. The summed E-state index contributed by atoms with van der Waals surface area (Å²) in [4.78, 5) is 10.7. The molecule has 0 radical (unpaired) electrons. The first kappa shape index (κ1) is 19.0. The van der Waals surface area contributed by atoms with Crippen LogP contribution in [0.1, 0.15) is 48.4 Å². The first-order valence-electron chi connectivity index (χ1n) is 10.5. The Balaban J connectivity index is 1.38. The van der Waals surface area contributed by atoms with Gasteiger partial charge in [-0.1, -0.05) is 49.3 Å². The molecule has 1 N–H and O–H groups in total. The lowest BCUT2D eigenvalue weighted by molar-refractivity contribution is 0.117. The summed E-state index contributed by atoms with van der Waals surface area (Å²) in [7, 11) is 0. The molecule has 4 aromatic rings. The van der Waals surface area contributed by atoms with Gasteiger partial charge >= 0.3 is 0 Å². The van der Waals surface area contributed by atoms with Crippen LogP contribution in [0.25, 0.3) is 10.9 Å². The van der Waals surface area contributed by atoms with Crippen molar-refractivity contribution in [3.8, 4) is 0 Å². The standard InChI is InChI=1S/C24H25FN4O/c1-15(2)24-23-19(18-8-3-4-9-20(18)26-23)10-11-29(24)14-22-27-21(28-30-22)13-16-6-5-7-17(25)12-16/h3-9,12,15,24,26H,10-11,13-14H2,1-2H3. The van der Waals surface area contributed by atoms with Gasteiger partial charge in [0.15, 0.2) is 5.82 Å². The molecular formula is C24H25FN4O. The number of H-pyrrole nitrogens is 1. The SMILES string of the molecule is CC(C)C1c2[nH]c3ccccc3c2CCN1Cc1nc(Cc2cccc(F)c2)no1. The van der Waals surface area contributed by atoms with Crippen molar-refractivity contribution < 1.29 is 8.91 Å². The summed E-state index contributed by atoms with van der Waals surface area (Å²) < 4.78 is 19.0. The van der Waals surface area contributed by atoms with Crippen LogP contribution in [0, 0.1) is 11.7 Å². The maximum Gasteiger partial charge on any atom is 0.240 e. The second-order valence-corrected chi connectivity index (χ2v) is 8.38. The van der Waals surface area contributed by atoms with E-state index < -0.39 is 0 Å². The quantitative estimate of drug-likeness (QED) is 0.506. The van der Waals surface area contributed by atoms with Crippen LogP contribution < -0.4 is 0 Å². The highest BCUT2D eigenvalue weighted by molar-refractivity contribution is 5.85. The minimum Gasteiger partial charge on any atom is -0.357 e. The summed E-state index contributed by atoms with van der Waals surface area (Å²) >= 11 is 0. The fourth-order valence-electron chi connectivity index (χ4n) is 4.68. The highest BCUT2D eigenvalue weighted by atomic mass is 19.1.